The lowest BCUT2D eigenvalue weighted by atomic mass is 10.0. The molecule has 1 N–H and O–H groups in total. The summed E-state index contributed by atoms with van der Waals surface area (Å²) in [6, 6.07) is 11.9. The Balaban J connectivity index is 1.82. The van der Waals surface area contributed by atoms with Crippen molar-refractivity contribution in [1.82, 2.24) is 9.88 Å². The number of aryl methyl sites for hydroxylation is 4. The molecule has 3 rings (SSSR count). The van der Waals surface area contributed by atoms with Crippen LogP contribution in [0.25, 0.3) is 11.5 Å². The molecule has 0 aliphatic heterocycles. The van der Waals surface area contributed by atoms with Crippen LogP contribution >= 0.6 is 0 Å². The Morgan fingerprint density at radius 2 is 1.74 bits per heavy atom. The average Bonchev–Trinajstić information content (AvgIpc) is 3.11. The Morgan fingerprint density at radius 3 is 2.32 bits per heavy atom. The van der Waals surface area contributed by atoms with Crippen molar-refractivity contribution in [2.45, 2.75) is 60.2 Å². The number of nitrogens with zero attached hydrogens (tertiary/aromatic N) is 2. The normalized spacial score (nSPS) is 11.6. The van der Waals surface area contributed by atoms with E-state index in [1.54, 1.807) is 0 Å². The van der Waals surface area contributed by atoms with E-state index in [2.05, 4.69) is 0 Å². The smallest absolute Gasteiger partial charge is 0.347 e. The Bertz CT molecular complexity index is 1170. The summed E-state index contributed by atoms with van der Waals surface area (Å²) in [5, 5.41) is 9.39. The van der Waals surface area contributed by atoms with Gasteiger partial charge in [-0.05, 0) is 69.9 Å². The van der Waals surface area contributed by atoms with E-state index in [0.29, 0.717) is 24.7 Å². The first kappa shape index (κ1) is 25.2. The van der Waals surface area contributed by atoms with Gasteiger partial charge in [-0.15, -0.1) is 0 Å². The molecule has 3 aromatic rings. The van der Waals surface area contributed by atoms with E-state index in [1.807, 2.05) is 69.0 Å². The maximum absolute atomic E-state index is 11.5. The number of carboxylic acids is 1. The van der Waals surface area contributed by atoms with Crippen LogP contribution in [0.15, 0.2) is 40.8 Å². The predicted octanol–water partition coefficient (Wildman–Crippen LogP) is 5.02. The Morgan fingerprint density at radius 1 is 1.09 bits per heavy atom. The number of carbonyl (C=O) groups is 2. The SMILES string of the molecule is Cc1ccccc1-c1nc(CN(CC=O)Cc2cc(C)c(OC(C)(C)C(=O)O)c(C)c2)c(C)o1. The van der Waals surface area contributed by atoms with Crippen LogP contribution in [-0.4, -0.2) is 39.4 Å². The summed E-state index contributed by atoms with van der Waals surface area (Å²) < 4.78 is 11.7. The molecule has 1 heterocycles. The van der Waals surface area contributed by atoms with Gasteiger partial charge in [0.1, 0.15) is 17.8 Å². The van der Waals surface area contributed by atoms with E-state index in [4.69, 9.17) is 14.1 Å². The Hall–Kier alpha value is -3.45. The summed E-state index contributed by atoms with van der Waals surface area (Å²) in [6.45, 7) is 12.0. The van der Waals surface area contributed by atoms with E-state index in [9.17, 15) is 14.7 Å². The molecule has 0 aliphatic rings. The topological polar surface area (TPSA) is 92.9 Å². The Labute approximate surface area is 200 Å². The largest absolute Gasteiger partial charge is 0.478 e. The number of ether oxygens (including phenoxy) is 1. The molecular formula is C27H32N2O5. The van der Waals surface area contributed by atoms with Crippen LogP contribution in [0.5, 0.6) is 5.75 Å². The van der Waals surface area contributed by atoms with Gasteiger partial charge in [-0.1, -0.05) is 30.3 Å². The summed E-state index contributed by atoms with van der Waals surface area (Å²) in [5.74, 6) is 0.834. The highest BCUT2D eigenvalue weighted by atomic mass is 16.5. The fraction of sp³-hybridized carbons (Fsp3) is 0.370. The van der Waals surface area contributed by atoms with Gasteiger partial charge in [-0.3, -0.25) is 4.90 Å². The van der Waals surface area contributed by atoms with Crippen LogP contribution in [0.2, 0.25) is 0 Å². The van der Waals surface area contributed by atoms with Crippen LogP contribution in [0.4, 0.5) is 0 Å². The first-order chi connectivity index (χ1) is 16.0. The minimum absolute atomic E-state index is 0.244. The third kappa shape index (κ3) is 5.72. The summed E-state index contributed by atoms with van der Waals surface area (Å²) in [7, 11) is 0. The van der Waals surface area contributed by atoms with Gasteiger partial charge in [0.05, 0.1) is 12.2 Å². The minimum Gasteiger partial charge on any atom is -0.478 e. The molecule has 0 amide bonds. The summed E-state index contributed by atoms with van der Waals surface area (Å²) in [5.41, 5.74) is 4.17. The maximum Gasteiger partial charge on any atom is 0.347 e. The molecular weight excluding hydrogens is 432 g/mol. The first-order valence-corrected chi connectivity index (χ1v) is 11.2. The highest BCUT2D eigenvalue weighted by molar-refractivity contribution is 5.77. The number of oxazole rings is 1. The molecule has 0 saturated heterocycles. The van der Waals surface area contributed by atoms with Crippen molar-refractivity contribution < 1.29 is 23.8 Å². The molecule has 1 aromatic heterocycles. The van der Waals surface area contributed by atoms with Crippen LogP contribution < -0.4 is 4.74 Å². The molecule has 0 saturated carbocycles. The number of aldehydes is 1. The number of hydrogen-bond donors (Lipinski definition) is 1. The van der Waals surface area contributed by atoms with Gasteiger partial charge < -0.3 is 19.1 Å². The zero-order chi connectivity index (χ0) is 25.0. The maximum atomic E-state index is 11.5. The van der Waals surface area contributed by atoms with Crippen molar-refractivity contribution in [2.75, 3.05) is 6.54 Å². The molecule has 0 unspecified atom stereocenters. The van der Waals surface area contributed by atoms with E-state index in [1.165, 1.54) is 13.8 Å². The van der Waals surface area contributed by atoms with Crippen molar-refractivity contribution >= 4 is 12.3 Å². The molecule has 34 heavy (non-hydrogen) atoms. The molecule has 2 aromatic carbocycles. The second kappa shape index (κ2) is 10.2. The molecule has 180 valence electrons. The van der Waals surface area contributed by atoms with Crippen LogP contribution in [-0.2, 0) is 22.7 Å². The van der Waals surface area contributed by atoms with E-state index >= 15 is 0 Å². The zero-order valence-electron chi connectivity index (χ0n) is 20.6. The quantitative estimate of drug-likeness (QED) is 0.421. The van der Waals surface area contributed by atoms with Crippen LogP contribution in [0.3, 0.4) is 0 Å². The molecule has 7 heteroatoms. The third-order valence-electron chi connectivity index (χ3n) is 5.77. The van der Waals surface area contributed by atoms with Crippen molar-refractivity contribution in [3.63, 3.8) is 0 Å². The number of benzene rings is 2. The van der Waals surface area contributed by atoms with Gasteiger partial charge >= 0.3 is 5.97 Å². The van der Waals surface area contributed by atoms with Crippen molar-refractivity contribution in [3.8, 4) is 17.2 Å². The first-order valence-electron chi connectivity index (χ1n) is 11.2. The number of aliphatic carboxylic acids is 1. The van der Waals surface area contributed by atoms with E-state index < -0.39 is 11.6 Å². The highest BCUT2D eigenvalue weighted by Gasteiger charge is 2.30. The molecule has 0 fully saturated rings. The monoisotopic (exact) mass is 464 g/mol. The number of aromatic nitrogens is 1. The number of carboxylic acid groups (broad SMARTS) is 1. The lowest BCUT2D eigenvalue weighted by molar-refractivity contribution is -0.152. The molecule has 0 atom stereocenters. The van der Waals surface area contributed by atoms with Gasteiger partial charge in [0.2, 0.25) is 5.89 Å². The molecule has 0 spiro atoms. The zero-order valence-corrected chi connectivity index (χ0v) is 20.6. The summed E-state index contributed by atoms with van der Waals surface area (Å²) in [6.07, 6.45) is 0.879. The lowest BCUT2D eigenvalue weighted by Crippen LogP contribution is -2.38. The third-order valence-corrected chi connectivity index (χ3v) is 5.77. The van der Waals surface area contributed by atoms with Gasteiger partial charge in [-0.25, -0.2) is 9.78 Å². The van der Waals surface area contributed by atoms with Gasteiger partial charge in [0.15, 0.2) is 5.60 Å². The Kier molecular flexibility index (Phi) is 7.57. The van der Waals surface area contributed by atoms with Gasteiger partial charge in [0.25, 0.3) is 0 Å². The van der Waals surface area contributed by atoms with E-state index in [-0.39, 0.29) is 6.54 Å². The van der Waals surface area contributed by atoms with Crippen molar-refractivity contribution in [3.05, 3.63) is 70.1 Å². The molecule has 0 bridgehead atoms. The average molecular weight is 465 g/mol. The number of rotatable bonds is 10. The molecule has 7 nitrogen and oxygen atoms in total. The van der Waals surface area contributed by atoms with Crippen LogP contribution in [0, 0.1) is 27.7 Å². The summed E-state index contributed by atoms with van der Waals surface area (Å²) in [4.78, 5) is 29.6. The van der Waals surface area contributed by atoms with Crippen molar-refractivity contribution in [1.29, 1.82) is 0 Å². The highest BCUT2D eigenvalue weighted by Crippen LogP contribution is 2.30. The summed E-state index contributed by atoms with van der Waals surface area (Å²) >= 11 is 0. The molecule has 0 aliphatic carbocycles. The second-order valence-electron chi connectivity index (χ2n) is 9.15. The van der Waals surface area contributed by atoms with Crippen LogP contribution in [0.1, 0.15) is 47.6 Å². The van der Waals surface area contributed by atoms with Crippen molar-refractivity contribution in [2.24, 2.45) is 0 Å². The van der Waals surface area contributed by atoms with Gasteiger partial charge in [0, 0.05) is 18.7 Å². The molecule has 0 radical (unpaired) electrons. The number of carbonyl (C=O) groups excluding carboxylic acids is 1. The second-order valence-corrected chi connectivity index (χ2v) is 9.15. The minimum atomic E-state index is -1.33. The lowest BCUT2D eigenvalue weighted by Gasteiger charge is -2.25. The fourth-order valence-corrected chi connectivity index (χ4v) is 3.85. The van der Waals surface area contributed by atoms with E-state index in [0.717, 1.165) is 45.6 Å². The predicted molar refractivity (Wildman–Crippen MR) is 130 cm³/mol. The standard InChI is InChI=1S/C27H32N2O5/c1-17-9-7-8-10-22(17)25-28-23(20(4)33-25)16-29(11-12-30)15-21-13-18(2)24(19(3)14-21)34-27(5,6)26(31)32/h7-10,12-14H,11,15-16H2,1-6H3,(H,31,32). The number of hydrogen-bond acceptors (Lipinski definition) is 6. The fourth-order valence-electron chi connectivity index (χ4n) is 3.85. The van der Waals surface area contributed by atoms with Gasteiger partial charge in [-0.2, -0.15) is 0 Å².